The lowest BCUT2D eigenvalue weighted by atomic mass is 9.94. The molecule has 0 bridgehead atoms. The Labute approximate surface area is 206 Å². The molecule has 0 atom stereocenters. The predicted octanol–water partition coefficient (Wildman–Crippen LogP) is 7.34. The molecule has 5 heteroatoms. The first-order valence-electron chi connectivity index (χ1n) is 12.1. The van der Waals surface area contributed by atoms with Gasteiger partial charge in [0.1, 0.15) is 0 Å². The minimum absolute atomic E-state index is 0.0896. The summed E-state index contributed by atoms with van der Waals surface area (Å²) in [7, 11) is 0. The maximum Gasteiger partial charge on any atom is 0.267 e. The molecule has 2 fully saturated rings. The van der Waals surface area contributed by atoms with Crippen molar-refractivity contribution in [2.45, 2.75) is 58.9 Å². The number of aromatic nitrogens is 1. The number of thioether (sulfide) groups is 1. The first-order chi connectivity index (χ1) is 16.5. The van der Waals surface area contributed by atoms with E-state index in [1.807, 2.05) is 35.2 Å². The van der Waals surface area contributed by atoms with Gasteiger partial charge in [-0.3, -0.25) is 9.69 Å². The van der Waals surface area contributed by atoms with Crippen molar-refractivity contribution in [1.82, 2.24) is 9.47 Å². The average molecular weight is 470 g/mol. The van der Waals surface area contributed by atoms with E-state index in [1.54, 1.807) is 0 Å². The van der Waals surface area contributed by atoms with Gasteiger partial charge in [0, 0.05) is 23.1 Å². The number of benzene rings is 2. The summed E-state index contributed by atoms with van der Waals surface area (Å²) in [5, 5.41) is 0.807. The molecule has 1 aliphatic heterocycles. The number of carbonyl (C=O) groups excluding carboxylic acids is 1. The minimum Gasteiger partial charge on any atom is -0.318 e. The van der Waals surface area contributed by atoms with Crippen LogP contribution in [0.4, 0.5) is 5.69 Å². The Bertz CT molecular complexity index is 1250. The number of aliphatic imine (C=N–C) groups is 1. The van der Waals surface area contributed by atoms with Crippen LogP contribution in [0, 0.1) is 20.8 Å². The highest BCUT2D eigenvalue weighted by molar-refractivity contribution is 8.18. The lowest BCUT2D eigenvalue weighted by Gasteiger charge is -2.30. The standard InChI is InChI=1S/C29H31N3OS/c1-20-14-16-26(17-15-20)31-21(2)18-23(22(31)3)19-27-28(33)32(25-12-8-5-9-13-25)29(34-27)30-24-10-6-4-7-11-24/h4,6-7,10-11,14-19,25H,5,8-9,12-13H2,1-3H3. The molecule has 34 heavy (non-hydrogen) atoms. The zero-order valence-corrected chi connectivity index (χ0v) is 20.9. The summed E-state index contributed by atoms with van der Waals surface area (Å²) < 4.78 is 2.26. The van der Waals surface area contributed by atoms with E-state index in [-0.39, 0.29) is 11.9 Å². The summed E-state index contributed by atoms with van der Waals surface area (Å²) in [6.45, 7) is 6.35. The van der Waals surface area contributed by atoms with E-state index < -0.39 is 0 Å². The Balaban J connectivity index is 1.52. The molecule has 0 unspecified atom stereocenters. The van der Waals surface area contributed by atoms with E-state index >= 15 is 0 Å². The van der Waals surface area contributed by atoms with Crippen molar-refractivity contribution >= 4 is 34.6 Å². The molecule has 4 nitrogen and oxygen atoms in total. The third kappa shape index (κ3) is 4.49. The van der Waals surface area contributed by atoms with E-state index in [9.17, 15) is 4.79 Å². The monoisotopic (exact) mass is 469 g/mol. The summed E-state index contributed by atoms with van der Waals surface area (Å²) in [4.78, 5) is 21.3. The molecule has 1 amide bonds. The highest BCUT2D eigenvalue weighted by atomic mass is 32.2. The van der Waals surface area contributed by atoms with Crippen molar-refractivity contribution in [1.29, 1.82) is 0 Å². The van der Waals surface area contributed by atoms with Gasteiger partial charge < -0.3 is 4.57 Å². The number of aryl methyl sites for hydroxylation is 2. The maximum absolute atomic E-state index is 13.7. The van der Waals surface area contributed by atoms with Crippen LogP contribution in [0.2, 0.25) is 0 Å². The summed E-state index contributed by atoms with van der Waals surface area (Å²) in [6.07, 6.45) is 7.77. The van der Waals surface area contributed by atoms with Crippen LogP contribution in [-0.2, 0) is 4.79 Å². The van der Waals surface area contributed by atoms with Crippen molar-refractivity contribution < 1.29 is 4.79 Å². The molecule has 1 saturated carbocycles. The van der Waals surface area contributed by atoms with Gasteiger partial charge in [-0.25, -0.2) is 4.99 Å². The number of amides is 1. The number of rotatable bonds is 4. The largest absolute Gasteiger partial charge is 0.318 e. The first kappa shape index (κ1) is 22.7. The summed E-state index contributed by atoms with van der Waals surface area (Å²) in [5.74, 6) is 0.0896. The van der Waals surface area contributed by atoms with Gasteiger partial charge in [0.05, 0.1) is 10.6 Å². The van der Waals surface area contributed by atoms with Crippen molar-refractivity contribution in [3.63, 3.8) is 0 Å². The number of carbonyl (C=O) groups is 1. The van der Waals surface area contributed by atoms with Gasteiger partial charge in [-0.1, -0.05) is 55.2 Å². The van der Waals surface area contributed by atoms with Gasteiger partial charge in [-0.2, -0.15) is 0 Å². The van der Waals surface area contributed by atoms with Crippen molar-refractivity contribution in [2.24, 2.45) is 4.99 Å². The fourth-order valence-electron chi connectivity index (χ4n) is 5.00. The van der Waals surface area contributed by atoms with Gasteiger partial charge >= 0.3 is 0 Å². The van der Waals surface area contributed by atoms with Crippen molar-refractivity contribution in [3.8, 4) is 5.69 Å². The fourth-order valence-corrected chi connectivity index (χ4v) is 6.05. The number of nitrogens with zero attached hydrogens (tertiary/aromatic N) is 3. The highest BCUT2D eigenvalue weighted by Crippen LogP contribution is 2.39. The second kappa shape index (κ2) is 9.67. The number of amidine groups is 1. The Morgan fingerprint density at radius 1 is 0.941 bits per heavy atom. The third-order valence-electron chi connectivity index (χ3n) is 6.81. The summed E-state index contributed by atoms with van der Waals surface area (Å²) >= 11 is 1.51. The van der Waals surface area contributed by atoms with Gasteiger partial charge in [-0.05, 0) is 87.3 Å². The Morgan fingerprint density at radius 2 is 1.65 bits per heavy atom. The molecule has 0 spiro atoms. The van der Waals surface area contributed by atoms with Crippen LogP contribution in [0.3, 0.4) is 0 Å². The van der Waals surface area contributed by atoms with E-state index in [2.05, 4.69) is 61.7 Å². The Morgan fingerprint density at radius 3 is 2.35 bits per heavy atom. The van der Waals surface area contributed by atoms with Crippen LogP contribution >= 0.6 is 11.8 Å². The molecule has 0 N–H and O–H groups in total. The van der Waals surface area contributed by atoms with Gasteiger partial charge in [0.25, 0.3) is 5.91 Å². The molecule has 1 saturated heterocycles. The van der Waals surface area contributed by atoms with Crippen molar-refractivity contribution in [3.05, 3.63) is 88.1 Å². The van der Waals surface area contributed by atoms with Crippen LogP contribution < -0.4 is 0 Å². The molecule has 174 valence electrons. The molecular formula is C29H31N3OS. The molecule has 5 rings (SSSR count). The van der Waals surface area contributed by atoms with Crippen LogP contribution in [0.25, 0.3) is 11.8 Å². The summed E-state index contributed by atoms with van der Waals surface area (Å²) in [6, 6.07) is 20.9. The topological polar surface area (TPSA) is 37.6 Å². The Kier molecular flexibility index (Phi) is 6.46. The number of para-hydroxylation sites is 1. The van der Waals surface area contributed by atoms with Gasteiger partial charge in [-0.15, -0.1) is 0 Å². The quantitative estimate of drug-likeness (QED) is 0.375. The molecule has 2 heterocycles. The highest BCUT2D eigenvalue weighted by Gasteiger charge is 2.38. The van der Waals surface area contributed by atoms with Crippen LogP contribution in [0.1, 0.15) is 54.6 Å². The SMILES string of the molecule is Cc1ccc(-n2c(C)cc(C=C3SC(=Nc4ccccc4)N(C4CCCCC4)C3=O)c2C)cc1. The normalized spacial score (nSPS) is 19.5. The number of hydrogen-bond donors (Lipinski definition) is 0. The molecule has 3 aromatic rings. The van der Waals surface area contributed by atoms with Crippen LogP contribution in [0.5, 0.6) is 0 Å². The lowest BCUT2D eigenvalue weighted by Crippen LogP contribution is -2.40. The fraction of sp³-hybridized carbons (Fsp3) is 0.310. The molecule has 2 aromatic carbocycles. The number of hydrogen-bond acceptors (Lipinski definition) is 3. The smallest absolute Gasteiger partial charge is 0.267 e. The maximum atomic E-state index is 13.7. The summed E-state index contributed by atoms with van der Waals surface area (Å²) in [5.41, 5.74) is 6.65. The Hall–Kier alpha value is -3.05. The van der Waals surface area contributed by atoms with Crippen LogP contribution in [-0.4, -0.2) is 26.6 Å². The van der Waals surface area contributed by atoms with E-state index in [0.29, 0.717) is 0 Å². The van der Waals surface area contributed by atoms with Gasteiger partial charge in [0.2, 0.25) is 0 Å². The molecular weight excluding hydrogens is 438 g/mol. The molecule has 0 radical (unpaired) electrons. The second-order valence-corrected chi connectivity index (χ2v) is 10.3. The van der Waals surface area contributed by atoms with Crippen LogP contribution in [0.15, 0.2) is 70.6 Å². The molecule has 2 aliphatic rings. The second-order valence-electron chi connectivity index (χ2n) is 9.30. The first-order valence-corrected chi connectivity index (χ1v) is 13.0. The zero-order valence-electron chi connectivity index (χ0n) is 20.1. The van der Waals surface area contributed by atoms with Crippen molar-refractivity contribution in [2.75, 3.05) is 0 Å². The van der Waals surface area contributed by atoms with E-state index in [1.165, 1.54) is 36.6 Å². The zero-order chi connectivity index (χ0) is 23.7. The minimum atomic E-state index is 0.0896. The average Bonchev–Trinajstić information content (AvgIpc) is 3.30. The third-order valence-corrected chi connectivity index (χ3v) is 7.79. The molecule has 1 aliphatic carbocycles. The van der Waals surface area contributed by atoms with Gasteiger partial charge in [0.15, 0.2) is 5.17 Å². The molecule has 1 aromatic heterocycles. The van der Waals surface area contributed by atoms with E-state index in [4.69, 9.17) is 4.99 Å². The van der Waals surface area contributed by atoms with E-state index in [0.717, 1.165) is 51.2 Å². The lowest BCUT2D eigenvalue weighted by molar-refractivity contribution is -0.124. The predicted molar refractivity (Wildman–Crippen MR) is 143 cm³/mol.